The summed E-state index contributed by atoms with van der Waals surface area (Å²) in [7, 11) is 1.58. The molecule has 1 N–H and O–H groups in total. The number of aromatic nitrogens is 1. The van der Waals surface area contributed by atoms with Crippen LogP contribution in [0, 0.1) is 5.92 Å². The topological polar surface area (TPSA) is 89.0 Å². The van der Waals surface area contributed by atoms with E-state index in [0.717, 1.165) is 11.1 Å². The van der Waals surface area contributed by atoms with Crippen molar-refractivity contribution in [1.29, 1.82) is 0 Å². The first-order valence-corrected chi connectivity index (χ1v) is 13.6. The molecule has 3 heterocycles. The van der Waals surface area contributed by atoms with Crippen molar-refractivity contribution in [3.8, 4) is 11.5 Å². The number of amides is 1. The van der Waals surface area contributed by atoms with Crippen LogP contribution in [0.3, 0.4) is 0 Å². The second kappa shape index (κ2) is 10.4. The molecule has 2 aromatic carbocycles. The monoisotopic (exact) mass is 534 g/mol. The molecule has 4 aromatic rings. The number of ether oxygens (including phenoxy) is 2. The van der Waals surface area contributed by atoms with E-state index in [1.54, 1.807) is 30.7 Å². The van der Waals surface area contributed by atoms with Gasteiger partial charge in [0.2, 0.25) is 5.78 Å². The Morgan fingerprint density at radius 2 is 1.97 bits per heavy atom. The van der Waals surface area contributed by atoms with Gasteiger partial charge in [0.25, 0.3) is 5.91 Å². The average molecular weight is 535 g/mol. The zero-order valence-electron chi connectivity index (χ0n) is 20.6. The van der Waals surface area contributed by atoms with Crippen molar-refractivity contribution in [2.45, 2.75) is 26.3 Å². The van der Waals surface area contributed by atoms with Gasteiger partial charge in [-0.3, -0.25) is 14.5 Å². The van der Waals surface area contributed by atoms with E-state index in [4.69, 9.17) is 9.47 Å². The highest BCUT2D eigenvalue weighted by atomic mass is 32.1. The van der Waals surface area contributed by atoms with E-state index in [1.165, 1.54) is 27.6 Å². The first-order valence-electron chi connectivity index (χ1n) is 11.9. The molecule has 7 nitrogen and oxygen atoms in total. The van der Waals surface area contributed by atoms with E-state index in [2.05, 4.69) is 18.8 Å². The zero-order chi connectivity index (χ0) is 26.1. The Kier molecular flexibility index (Phi) is 6.99. The van der Waals surface area contributed by atoms with Gasteiger partial charge in [0.05, 0.1) is 40.4 Å². The lowest BCUT2D eigenvalue weighted by molar-refractivity contribution is -0.117. The summed E-state index contributed by atoms with van der Waals surface area (Å²) in [6.45, 7) is 4.81. The van der Waals surface area contributed by atoms with Gasteiger partial charge in [-0.05, 0) is 53.6 Å². The number of thiophene rings is 1. The van der Waals surface area contributed by atoms with Gasteiger partial charge in [-0.25, -0.2) is 4.98 Å². The molecule has 190 valence electrons. The number of benzene rings is 2. The number of methoxy groups -OCH3 is 1. The van der Waals surface area contributed by atoms with Gasteiger partial charge in [0.15, 0.2) is 10.9 Å². The predicted octanol–water partition coefficient (Wildman–Crippen LogP) is 6.57. The van der Waals surface area contributed by atoms with Crippen LogP contribution >= 0.6 is 22.7 Å². The molecule has 37 heavy (non-hydrogen) atoms. The third kappa shape index (κ3) is 4.84. The smallest absolute Gasteiger partial charge is 0.296 e. The van der Waals surface area contributed by atoms with Crippen molar-refractivity contribution < 1.29 is 24.2 Å². The largest absolute Gasteiger partial charge is 0.503 e. The lowest BCUT2D eigenvalue weighted by atomic mass is 9.95. The van der Waals surface area contributed by atoms with Gasteiger partial charge >= 0.3 is 0 Å². The molecular formula is C28H26N2O5S2. The fourth-order valence-electron chi connectivity index (χ4n) is 4.20. The van der Waals surface area contributed by atoms with E-state index in [-0.39, 0.29) is 11.4 Å². The summed E-state index contributed by atoms with van der Waals surface area (Å²) in [6.07, 6.45) is 0.899. The summed E-state index contributed by atoms with van der Waals surface area (Å²) in [6, 6.07) is 15.4. The van der Waals surface area contributed by atoms with Crippen LogP contribution in [0.15, 0.2) is 71.3 Å². The standard InChI is InChI=1S/C28H26N2O5S2/c1-16(2)11-12-35-19-7-4-6-17(14-19)24-23(25(31)22-8-5-13-36-22)26(32)27(33)30(24)28-29-20-15-18(34-3)9-10-21(20)37-28/h4-10,13-16,24,32H,11-12H2,1-3H3. The van der Waals surface area contributed by atoms with E-state index in [1.807, 2.05) is 36.4 Å². The number of Topliss-reactive ketones (excluding diaryl/α,β-unsaturated/α-hetero) is 1. The van der Waals surface area contributed by atoms with Crippen molar-refractivity contribution in [3.63, 3.8) is 0 Å². The highest BCUT2D eigenvalue weighted by Crippen LogP contribution is 2.45. The number of rotatable bonds is 9. The lowest BCUT2D eigenvalue weighted by Gasteiger charge is -2.24. The predicted molar refractivity (Wildman–Crippen MR) is 146 cm³/mol. The Bertz CT molecular complexity index is 1490. The molecule has 2 aromatic heterocycles. The second-order valence-electron chi connectivity index (χ2n) is 9.08. The number of carbonyl (C=O) groups is 2. The molecule has 0 spiro atoms. The maximum atomic E-state index is 13.6. The van der Waals surface area contributed by atoms with E-state index in [0.29, 0.717) is 45.1 Å². The fourth-order valence-corrected chi connectivity index (χ4v) is 5.85. The minimum absolute atomic E-state index is 0.0311. The third-order valence-electron chi connectivity index (χ3n) is 6.13. The van der Waals surface area contributed by atoms with E-state index < -0.39 is 17.7 Å². The number of aliphatic hydroxyl groups excluding tert-OH is 1. The SMILES string of the molecule is COc1ccc2sc(N3C(=O)C(O)=C(C(=O)c4cccs4)C3c3cccc(OCCC(C)C)c3)nc2c1. The van der Waals surface area contributed by atoms with Gasteiger partial charge in [0, 0.05) is 6.07 Å². The van der Waals surface area contributed by atoms with Crippen LogP contribution in [-0.4, -0.2) is 35.5 Å². The summed E-state index contributed by atoms with van der Waals surface area (Å²) < 4.78 is 12.1. The highest BCUT2D eigenvalue weighted by Gasteiger charge is 2.46. The van der Waals surface area contributed by atoms with Crippen LogP contribution in [0.4, 0.5) is 5.13 Å². The molecule has 5 rings (SSSR count). The Balaban J connectivity index is 1.60. The Hall–Kier alpha value is -3.69. The Morgan fingerprint density at radius 1 is 1.14 bits per heavy atom. The molecular weight excluding hydrogens is 508 g/mol. The van der Waals surface area contributed by atoms with E-state index in [9.17, 15) is 14.7 Å². The Labute approximate surface area is 222 Å². The van der Waals surface area contributed by atoms with Gasteiger partial charge in [-0.1, -0.05) is 43.4 Å². The first-order chi connectivity index (χ1) is 17.9. The van der Waals surface area contributed by atoms with Crippen molar-refractivity contribution in [1.82, 2.24) is 4.98 Å². The molecule has 0 radical (unpaired) electrons. The Morgan fingerprint density at radius 3 is 2.70 bits per heavy atom. The number of fused-ring (bicyclic) bond motifs is 1. The second-order valence-corrected chi connectivity index (χ2v) is 11.0. The summed E-state index contributed by atoms with van der Waals surface area (Å²) >= 11 is 2.58. The van der Waals surface area contributed by atoms with Gasteiger partial charge in [-0.2, -0.15) is 0 Å². The van der Waals surface area contributed by atoms with Crippen molar-refractivity contribution in [2.24, 2.45) is 5.92 Å². The quantitative estimate of drug-likeness (QED) is 0.244. The first kappa shape index (κ1) is 25.0. The molecule has 0 aliphatic carbocycles. The van der Waals surface area contributed by atoms with Gasteiger partial charge in [0.1, 0.15) is 11.5 Å². The van der Waals surface area contributed by atoms with E-state index >= 15 is 0 Å². The lowest BCUT2D eigenvalue weighted by Crippen LogP contribution is -2.30. The van der Waals surface area contributed by atoms with Crippen LogP contribution in [-0.2, 0) is 4.79 Å². The minimum Gasteiger partial charge on any atom is -0.503 e. The maximum absolute atomic E-state index is 13.6. The highest BCUT2D eigenvalue weighted by molar-refractivity contribution is 7.22. The number of anilines is 1. The number of nitrogens with zero attached hydrogens (tertiary/aromatic N) is 2. The average Bonchev–Trinajstić information content (AvgIpc) is 3.62. The fraction of sp³-hybridized carbons (Fsp3) is 0.250. The number of thiazole rings is 1. The van der Waals surface area contributed by atoms with Gasteiger partial charge in [-0.15, -0.1) is 11.3 Å². The molecule has 0 bridgehead atoms. The number of carbonyl (C=O) groups excluding carboxylic acids is 2. The molecule has 0 saturated heterocycles. The molecule has 1 aliphatic rings. The molecule has 0 saturated carbocycles. The normalized spacial score (nSPS) is 15.7. The van der Waals surface area contributed by atoms with Crippen LogP contribution < -0.4 is 14.4 Å². The van der Waals surface area contributed by atoms with Crippen molar-refractivity contribution in [2.75, 3.05) is 18.6 Å². The molecule has 1 atom stereocenters. The van der Waals surface area contributed by atoms with Crippen molar-refractivity contribution in [3.05, 3.63) is 81.8 Å². The van der Waals surface area contributed by atoms with Crippen LogP contribution in [0.2, 0.25) is 0 Å². The number of aliphatic hydroxyl groups is 1. The van der Waals surface area contributed by atoms with Crippen LogP contribution in [0.5, 0.6) is 11.5 Å². The number of hydrogen-bond donors (Lipinski definition) is 1. The maximum Gasteiger partial charge on any atom is 0.296 e. The zero-order valence-corrected chi connectivity index (χ0v) is 22.3. The van der Waals surface area contributed by atoms with Crippen LogP contribution in [0.1, 0.15) is 41.5 Å². The van der Waals surface area contributed by atoms with Gasteiger partial charge < -0.3 is 14.6 Å². The molecule has 1 unspecified atom stereocenters. The molecule has 1 aliphatic heterocycles. The molecule has 9 heteroatoms. The van der Waals surface area contributed by atoms with Crippen LogP contribution in [0.25, 0.3) is 10.2 Å². The summed E-state index contributed by atoms with van der Waals surface area (Å²) in [5, 5.41) is 13.2. The summed E-state index contributed by atoms with van der Waals surface area (Å²) in [5.41, 5.74) is 1.34. The summed E-state index contributed by atoms with van der Waals surface area (Å²) in [5.74, 6) is 0.165. The number of ketones is 1. The van der Waals surface area contributed by atoms with Crippen molar-refractivity contribution >= 4 is 49.7 Å². The minimum atomic E-state index is -0.863. The summed E-state index contributed by atoms with van der Waals surface area (Å²) in [4.78, 5) is 33.6. The molecule has 1 amide bonds. The number of hydrogen-bond acceptors (Lipinski definition) is 8. The third-order valence-corrected chi connectivity index (χ3v) is 8.03. The molecule has 0 fully saturated rings.